The number of rotatable bonds is 9. The first-order valence-corrected chi connectivity index (χ1v) is 14.6. The Morgan fingerprint density at radius 1 is 0.929 bits per heavy atom. The van der Waals surface area contributed by atoms with Gasteiger partial charge in [0.15, 0.2) is 0 Å². The van der Waals surface area contributed by atoms with Gasteiger partial charge < -0.3 is 29.5 Å². The highest BCUT2D eigenvalue weighted by Gasteiger charge is 2.40. The second-order valence-electron chi connectivity index (χ2n) is 11.2. The fraction of sp³-hybridized carbons (Fsp3) is 0.500. The molecule has 0 bridgehead atoms. The van der Waals surface area contributed by atoms with E-state index in [-0.39, 0.29) is 37.2 Å². The molecule has 1 aliphatic heterocycles. The van der Waals surface area contributed by atoms with Crippen LogP contribution >= 0.6 is 0 Å². The maximum Gasteiger partial charge on any atom is 0.328 e. The van der Waals surface area contributed by atoms with E-state index >= 15 is 0 Å². The van der Waals surface area contributed by atoms with Crippen LogP contribution in [0.1, 0.15) is 48.0 Å². The van der Waals surface area contributed by atoms with Crippen LogP contribution in [-0.2, 0) is 25.5 Å². The summed E-state index contributed by atoms with van der Waals surface area (Å²) in [5.41, 5.74) is 2.29. The summed E-state index contributed by atoms with van der Waals surface area (Å²) in [7, 11) is 6.71. The molecule has 3 amide bonds. The molecule has 2 aliphatic rings. The van der Waals surface area contributed by atoms with Gasteiger partial charge >= 0.3 is 5.97 Å². The minimum Gasteiger partial charge on any atom is -0.497 e. The second kappa shape index (κ2) is 14.2. The molecule has 0 unspecified atom stereocenters. The van der Waals surface area contributed by atoms with Crippen molar-refractivity contribution in [1.82, 2.24) is 15.1 Å². The first-order chi connectivity index (χ1) is 20.2. The highest BCUT2D eigenvalue weighted by atomic mass is 16.5. The Morgan fingerprint density at radius 3 is 2.19 bits per heavy atom. The van der Waals surface area contributed by atoms with E-state index < -0.39 is 24.0 Å². The first kappa shape index (κ1) is 30.9. The van der Waals surface area contributed by atoms with Crippen molar-refractivity contribution < 1.29 is 28.7 Å². The van der Waals surface area contributed by atoms with Crippen LogP contribution in [0.4, 0.5) is 5.69 Å². The monoisotopic (exact) mass is 578 g/mol. The van der Waals surface area contributed by atoms with E-state index in [4.69, 9.17) is 9.47 Å². The number of piperazine rings is 1. The van der Waals surface area contributed by atoms with Gasteiger partial charge in [0.05, 0.1) is 20.8 Å². The van der Waals surface area contributed by atoms with E-state index in [0.29, 0.717) is 17.9 Å². The number of nitrogens with zero attached hydrogens (tertiary/aromatic N) is 3. The Kier molecular flexibility index (Phi) is 10.4. The van der Waals surface area contributed by atoms with Crippen LogP contribution in [0.15, 0.2) is 48.5 Å². The van der Waals surface area contributed by atoms with Crippen molar-refractivity contribution >= 4 is 29.4 Å². The highest BCUT2D eigenvalue weighted by molar-refractivity contribution is 5.96. The Morgan fingerprint density at radius 2 is 1.60 bits per heavy atom. The van der Waals surface area contributed by atoms with Crippen molar-refractivity contribution in [2.45, 2.75) is 50.6 Å². The number of nitrogens with one attached hydrogen (secondary N) is 1. The lowest BCUT2D eigenvalue weighted by molar-refractivity contribution is -0.150. The normalized spacial score (nSPS) is 18.1. The van der Waals surface area contributed by atoms with Crippen LogP contribution in [0.5, 0.6) is 5.75 Å². The third-order valence-electron chi connectivity index (χ3n) is 8.24. The van der Waals surface area contributed by atoms with Gasteiger partial charge in [0.25, 0.3) is 5.91 Å². The van der Waals surface area contributed by atoms with E-state index in [0.717, 1.165) is 43.4 Å². The van der Waals surface area contributed by atoms with Crippen LogP contribution < -0.4 is 15.0 Å². The summed E-state index contributed by atoms with van der Waals surface area (Å²) in [5, 5.41) is 2.84. The van der Waals surface area contributed by atoms with Crippen LogP contribution in [0, 0.1) is 5.92 Å². The largest absolute Gasteiger partial charge is 0.497 e. The summed E-state index contributed by atoms with van der Waals surface area (Å²) >= 11 is 0. The van der Waals surface area contributed by atoms with Gasteiger partial charge in [-0.15, -0.1) is 0 Å². The van der Waals surface area contributed by atoms with Crippen LogP contribution in [-0.4, -0.2) is 93.5 Å². The number of hydrogen-bond donors (Lipinski definition) is 1. The molecular formula is C32H42N4O6. The zero-order valence-electron chi connectivity index (χ0n) is 25.0. The fourth-order valence-electron chi connectivity index (χ4n) is 5.73. The number of carbonyl (C=O) groups is 4. The summed E-state index contributed by atoms with van der Waals surface area (Å²) in [6.45, 7) is 0.605. The molecule has 1 saturated carbocycles. The lowest BCUT2D eigenvalue weighted by Gasteiger charge is -2.42. The smallest absolute Gasteiger partial charge is 0.328 e. The lowest BCUT2D eigenvalue weighted by Crippen LogP contribution is -2.63. The van der Waals surface area contributed by atoms with Gasteiger partial charge in [-0.3, -0.25) is 14.4 Å². The number of anilines is 1. The van der Waals surface area contributed by atoms with Crippen LogP contribution in [0.3, 0.4) is 0 Å². The molecule has 0 spiro atoms. The molecular weight excluding hydrogens is 536 g/mol. The van der Waals surface area contributed by atoms with Gasteiger partial charge in [-0.25, -0.2) is 4.79 Å². The third kappa shape index (κ3) is 7.40. The van der Waals surface area contributed by atoms with Crippen LogP contribution in [0.25, 0.3) is 0 Å². The Labute approximate surface area is 247 Å². The molecule has 0 aromatic heterocycles. The zero-order chi connectivity index (χ0) is 30.2. The molecule has 2 aromatic carbocycles. The van der Waals surface area contributed by atoms with Crippen molar-refractivity contribution in [3.63, 3.8) is 0 Å². The molecule has 226 valence electrons. The summed E-state index contributed by atoms with van der Waals surface area (Å²) in [6.07, 6.45) is 4.88. The summed E-state index contributed by atoms with van der Waals surface area (Å²) < 4.78 is 10.2. The topological polar surface area (TPSA) is 108 Å². The molecule has 1 N–H and O–H groups in total. The number of hydrogen-bond acceptors (Lipinski definition) is 7. The summed E-state index contributed by atoms with van der Waals surface area (Å²) in [6, 6.07) is 12.6. The maximum absolute atomic E-state index is 13.9. The van der Waals surface area contributed by atoms with E-state index in [1.165, 1.54) is 7.11 Å². The molecule has 10 heteroatoms. The standard InChI is InChI=1S/C32H42N4O6/c1-34(2)25-14-12-24(13-15-25)30(38)35-18-19-36(31(39)23-8-6-5-7-9-23)28(21-35)29(37)33-27(32(40)42-4)20-22-10-16-26(41-3)17-11-22/h10-17,23,27-28H,5-9,18-21H2,1-4H3,(H,33,37)/t27-,28+/m0/s1. The first-order valence-electron chi connectivity index (χ1n) is 14.6. The molecule has 1 aliphatic carbocycles. The quantitative estimate of drug-likeness (QED) is 0.456. The number of amides is 3. The Bertz CT molecular complexity index is 1240. The number of esters is 1. The predicted molar refractivity (Wildman–Crippen MR) is 159 cm³/mol. The molecule has 2 aromatic rings. The number of carbonyl (C=O) groups excluding carboxylic acids is 4. The van der Waals surface area contributed by atoms with Crippen LogP contribution in [0.2, 0.25) is 0 Å². The van der Waals surface area contributed by atoms with Crippen molar-refractivity contribution in [2.24, 2.45) is 5.92 Å². The van der Waals surface area contributed by atoms with E-state index in [2.05, 4.69) is 5.32 Å². The zero-order valence-corrected chi connectivity index (χ0v) is 25.0. The number of methoxy groups -OCH3 is 2. The maximum atomic E-state index is 13.9. The van der Waals surface area contributed by atoms with Gasteiger partial charge in [-0.05, 0) is 54.8 Å². The molecule has 2 atom stereocenters. The highest BCUT2D eigenvalue weighted by Crippen LogP contribution is 2.28. The summed E-state index contributed by atoms with van der Waals surface area (Å²) in [5.74, 6) is -0.784. The van der Waals surface area contributed by atoms with E-state index in [9.17, 15) is 19.2 Å². The Balaban J connectivity index is 1.55. The molecule has 4 rings (SSSR count). The number of ether oxygens (including phenoxy) is 2. The minimum atomic E-state index is -0.966. The summed E-state index contributed by atoms with van der Waals surface area (Å²) in [4.78, 5) is 59.0. The second-order valence-corrected chi connectivity index (χ2v) is 11.2. The lowest BCUT2D eigenvalue weighted by atomic mass is 9.87. The average Bonchev–Trinajstić information content (AvgIpc) is 3.03. The number of benzene rings is 2. The van der Waals surface area contributed by atoms with Gasteiger partial charge in [0.2, 0.25) is 11.8 Å². The van der Waals surface area contributed by atoms with Gasteiger partial charge in [-0.2, -0.15) is 0 Å². The Hall–Kier alpha value is -4.08. The van der Waals surface area contributed by atoms with Gasteiger partial charge in [0.1, 0.15) is 17.8 Å². The molecule has 1 heterocycles. The van der Waals surface area contributed by atoms with E-state index in [1.807, 2.05) is 43.3 Å². The van der Waals surface area contributed by atoms with Crippen molar-refractivity contribution in [3.8, 4) is 5.75 Å². The molecule has 42 heavy (non-hydrogen) atoms. The predicted octanol–water partition coefficient (Wildman–Crippen LogP) is 2.90. The molecule has 2 fully saturated rings. The van der Waals surface area contributed by atoms with Crippen molar-refractivity contribution in [1.29, 1.82) is 0 Å². The fourth-order valence-corrected chi connectivity index (χ4v) is 5.73. The van der Waals surface area contributed by atoms with Crippen molar-refractivity contribution in [3.05, 3.63) is 59.7 Å². The molecule has 1 saturated heterocycles. The molecule has 10 nitrogen and oxygen atoms in total. The third-order valence-corrected chi connectivity index (χ3v) is 8.24. The SMILES string of the molecule is COC(=O)[C@H](Cc1ccc(OC)cc1)NC(=O)[C@H]1CN(C(=O)c2ccc(N(C)C)cc2)CCN1C(=O)C1CCCCC1. The average molecular weight is 579 g/mol. The van der Waals surface area contributed by atoms with E-state index in [1.54, 1.807) is 41.2 Å². The minimum absolute atomic E-state index is 0.0367. The molecule has 0 radical (unpaired) electrons. The van der Waals surface area contributed by atoms with Gasteiger partial charge in [0, 0.05) is 50.8 Å². The van der Waals surface area contributed by atoms with Gasteiger partial charge in [-0.1, -0.05) is 31.4 Å². The van der Waals surface area contributed by atoms with Crippen molar-refractivity contribution in [2.75, 3.05) is 52.8 Å².